The molecule has 0 bridgehead atoms. The van der Waals surface area contributed by atoms with Crippen LogP contribution in [0.25, 0.3) is 0 Å². The van der Waals surface area contributed by atoms with Gasteiger partial charge < -0.3 is 0 Å². The fraction of sp³-hybridized carbons (Fsp3) is 0. The van der Waals surface area contributed by atoms with Gasteiger partial charge in [0.15, 0.2) is 0 Å². The fourth-order valence-corrected chi connectivity index (χ4v) is 12.1. The molecule has 0 aliphatic heterocycles. The third kappa shape index (κ3) is 2.90. The average Bonchev–Trinajstić information content (AvgIpc) is 2.92. The Bertz CT molecular complexity index is 1250. The van der Waals surface area contributed by atoms with Crippen molar-refractivity contribution in [3.05, 3.63) is 151 Å². The maximum atomic E-state index is 16.2. The first-order valence-corrected chi connectivity index (χ1v) is 13.2. The van der Waals surface area contributed by atoms with Crippen LogP contribution in [-0.2, 0) is 0 Å². The summed E-state index contributed by atoms with van der Waals surface area (Å²) in [4.78, 5) is 0. The topological polar surface area (TPSA) is 0 Å². The van der Waals surface area contributed by atoms with E-state index in [9.17, 15) is 4.39 Å². The predicted molar refractivity (Wildman–Crippen MR) is 137 cm³/mol. The minimum absolute atomic E-state index is 0.139. The number of hydrogen-bond donors (Lipinski definition) is 0. The summed E-state index contributed by atoms with van der Waals surface area (Å²) in [6.07, 6.45) is 0. The van der Waals surface area contributed by atoms with Gasteiger partial charge in [-0.15, -0.1) is 0 Å². The zero-order chi connectivity index (χ0) is 23.6. The van der Waals surface area contributed by atoms with Gasteiger partial charge in [-0.05, 0) is 0 Å². The van der Waals surface area contributed by atoms with E-state index >= 15 is 8.78 Å². The van der Waals surface area contributed by atoms with Crippen molar-refractivity contribution in [3.63, 3.8) is 0 Å². The molecule has 0 atom stereocenters. The zero-order valence-electron chi connectivity index (χ0n) is 18.3. The van der Waals surface area contributed by atoms with E-state index < -0.39 is 24.1 Å². The second-order valence-electron chi connectivity index (χ2n) is 8.15. The number of halogens is 3. The van der Waals surface area contributed by atoms with Crippen molar-refractivity contribution in [2.24, 2.45) is 0 Å². The summed E-state index contributed by atoms with van der Waals surface area (Å²) in [6.45, 7) is -4.14. The van der Waals surface area contributed by atoms with Gasteiger partial charge in [-0.25, -0.2) is 0 Å². The monoisotopic (exact) mass is 470 g/mol. The summed E-state index contributed by atoms with van der Waals surface area (Å²) in [5.74, 6) is -3.84. The average molecular weight is 470 g/mol. The molecule has 0 saturated carbocycles. The molecule has 0 spiro atoms. The van der Waals surface area contributed by atoms with E-state index in [2.05, 4.69) is 0 Å². The second kappa shape index (κ2) is 8.59. The van der Waals surface area contributed by atoms with E-state index in [0.717, 1.165) is 27.3 Å². The van der Waals surface area contributed by atoms with Crippen molar-refractivity contribution in [2.45, 2.75) is 0 Å². The molecule has 5 rings (SSSR count). The third-order valence-corrected chi connectivity index (χ3v) is 13.2. The van der Waals surface area contributed by atoms with Crippen LogP contribution in [0, 0.1) is 17.5 Å². The van der Waals surface area contributed by atoms with Crippen LogP contribution in [-0.4, -0.2) is 0 Å². The van der Waals surface area contributed by atoms with Gasteiger partial charge in [-0.3, -0.25) is 0 Å². The van der Waals surface area contributed by atoms with Crippen LogP contribution in [0.2, 0.25) is 0 Å². The van der Waals surface area contributed by atoms with Crippen LogP contribution >= 0.6 is 6.60 Å². The van der Waals surface area contributed by atoms with Crippen LogP contribution in [0.15, 0.2) is 133 Å². The molecule has 5 aromatic rings. The molecular formula is C30H22F3P. The quantitative estimate of drug-likeness (QED) is 0.232. The van der Waals surface area contributed by atoms with Gasteiger partial charge in [0.2, 0.25) is 0 Å². The number of benzene rings is 5. The van der Waals surface area contributed by atoms with Crippen LogP contribution in [0.3, 0.4) is 0 Å². The van der Waals surface area contributed by atoms with Crippen LogP contribution in [0.5, 0.6) is 0 Å². The van der Waals surface area contributed by atoms with Crippen molar-refractivity contribution in [1.82, 2.24) is 0 Å². The van der Waals surface area contributed by atoms with Crippen LogP contribution in [0.1, 0.15) is 0 Å². The normalized spacial score (nSPS) is 12.6. The Hall–Kier alpha value is -3.68. The first-order valence-electron chi connectivity index (χ1n) is 11.0. The van der Waals surface area contributed by atoms with Crippen molar-refractivity contribution < 1.29 is 13.2 Å². The SMILES string of the molecule is Fc1ccc(P(c2ccccc2)(c2ccccc2)(c2ccccc2)c2ccccc2)c(F)c1F. The van der Waals surface area contributed by atoms with E-state index in [-0.39, 0.29) is 5.30 Å². The van der Waals surface area contributed by atoms with Gasteiger partial charge >= 0.3 is 197 Å². The standard InChI is InChI=1S/C30H22F3P/c31-27-21-22-28(30(33)29(27)32)34(23-13-5-1-6-14-23,24-15-7-2-8-16-24,25-17-9-3-10-18-25)26-19-11-4-12-20-26/h1-22H. The molecule has 5 aromatic carbocycles. The molecule has 0 N–H and O–H groups in total. The fourth-order valence-electron chi connectivity index (χ4n) is 5.22. The van der Waals surface area contributed by atoms with Gasteiger partial charge in [-0.2, -0.15) is 0 Å². The first kappa shape index (κ1) is 22.1. The van der Waals surface area contributed by atoms with Gasteiger partial charge in [0, 0.05) is 0 Å². The predicted octanol–water partition coefficient (Wildman–Crippen LogP) is 5.58. The third-order valence-electron chi connectivity index (χ3n) is 6.59. The van der Waals surface area contributed by atoms with Gasteiger partial charge in [-0.1, -0.05) is 0 Å². The van der Waals surface area contributed by atoms with E-state index in [1.54, 1.807) is 0 Å². The van der Waals surface area contributed by atoms with Crippen molar-refractivity contribution >= 4 is 33.1 Å². The number of rotatable bonds is 5. The van der Waals surface area contributed by atoms with Gasteiger partial charge in [0.1, 0.15) is 0 Å². The molecule has 0 radical (unpaired) electrons. The molecular weight excluding hydrogens is 448 g/mol. The molecule has 0 nitrogen and oxygen atoms in total. The summed E-state index contributed by atoms with van der Waals surface area (Å²) < 4.78 is 45.5. The Kier molecular flexibility index (Phi) is 5.59. The number of hydrogen-bond acceptors (Lipinski definition) is 0. The van der Waals surface area contributed by atoms with Crippen LogP contribution in [0.4, 0.5) is 13.2 Å². The molecule has 168 valence electrons. The van der Waals surface area contributed by atoms with Crippen molar-refractivity contribution in [2.75, 3.05) is 0 Å². The molecule has 0 unspecified atom stereocenters. The van der Waals surface area contributed by atoms with E-state index in [1.165, 1.54) is 6.07 Å². The van der Waals surface area contributed by atoms with E-state index in [1.807, 2.05) is 121 Å². The van der Waals surface area contributed by atoms with E-state index in [4.69, 9.17) is 0 Å². The molecule has 0 aromatic heterocycles. The Morgan fingerprint density at radius 3 is 1.00 bits per heavy atom. The van der Waals surface area contributed by atoms with E-state index in [0.29, 0.717) is 0 Å². The molecule has 0 heterocycles. The zero-order valence-corrected chi connectivity index (χ0v) is 19.2. The van der Waals surface area contributed by atoms with Crippen LogP contribution < -0.4 is 26.5 Å². The van der Waals surface area contributed by atoms with Gasteiger partial charge in [0.05, 0.1) is 0 Å². The van der Waals surface area contributed by atoms with Gasteiger partial charge in [0.25, 0.3) is 0 Å². The Labute approximate surface area is 197 Å². The minimum atomic E-state index is -4.14. The first-order chi connectivity index (χ1) is 16.6. The molecule has 0 aliphatic rings. The molecule has 0 amide bonds. The molecule has 4 heteroatoms. The molecule has 0 aliphatic carbocycles. The Morgan fingerprint density at radius 2 is 0.676 bits per heavy atom. The summed E-state index contributed by atoms with van der Waals surface area (Å²) in [5, 5.41) is 3.48. The molecule has 0 fully saturated rings. The second-order valence-corrected chi connectivity index (χ2v) is 12.9. The summed E-state index contributed by atoms with van der Waals surface area (Å²) in [7, 11) is 0. The molecule has 34 heavy (non-hydrogen) atoms. The Morgan fingerprint density at radius 1 is 0.353 bits per heavy atom. The molecule has 0 saturated heterocycles. The van der Waals surface area contributed by atoms with Crippen molar-refractivity contribution in [3.8, 4) is 0 Å². The Balaban J connectivity index is 2.19. The summed E-state index contributed by atoms with van der Waals surface area (Å²) in [6, 6.07) is 41.0. The maximum absolute atomic E-state index is 16.2. The summed E-state index contributed by atoms with van der Waals surface area (Å²) in [5.41, 5.74) is 0. The van der Waals surface area contributed by atoms with Crippen molar-refractivity contribution in [1.29, 1.82) is 0 Å². The summed E-state index contributed by atoms with van der Waals surface area (Å²) >= 11 is 0.